The highest BCUT2D eigenvalue weighted by atomic mass is 16.6. The van der Waals surface area contributed by atoms with Crippen LogP contribution >= 0.6 is 0 Å². The Morgan fingerprint density at radius 2 is 0.520 bits per heavy atom. The first-order valence-corrected chi connectivity index (χ1v) is 32.1. The van der Waals surface area contributed by atoms with Crippen LogP contribution in [0, 0.1) is 0 Å². The summed E-state index contributed by atoms with van der Waals surface area (Å²) in [6.45, 7) is 6.49. The number of hydrogen-bond donors (Lipinski definition) is 0. The summed E-state index contributed by atoms with van der Waals surface area (Å²) >= 11 is 0. The first kappa shape index (κ1) is 71.6. The number of esters is 3. The van der Waals surface area contributed by atoms with E-state index in [1.54, 1.807) is 0 Å². The molecule has 6 nitrogen and oxygen atoms in total. The van der Waals surface area contributed by atoms with Crippen LogP contribution in [0.4, 0.5) is 0 Å². The average Bonchev–Trinajstić information content (AvgIpc) is 3.41. The fraction of sp³-hybridized carbons (Fsp3) is 0.754. The maximum Gasteiger partial charge on any atom is 0.306 e. The van der Waals surface area contributed by atoms with E-state index in [0.717, 1.165) is 89.9 Å². The van der Waals surface area contributed by atoms with E-state index >= 15 is 0 Å². The van der Waals surface area contributed by atoms with Gasteiger partial charge in [-0.15, -0.1) is 0 Å². The quantitative estimate of drug-likeness (QED) is 0.0261. The molecule has 0 N–H and O–H groups in total. The minimum Gasteiger partial charge on any atom is -0.462 e. The summed E-state index contributed by atoms with van der Waals surface area (Å²) in [4.78, 5) is 38.1. The summed E-state index contributed by atoms with van der Waals surface area (Å²) in [6, 6.07) is 0. The highest BCUT2D eigenvalue weighted by Crippen LogP contribution is 2.17. The van der Waals surface area contributed by atoms with E-state index < -0.39 is 6.10 Å². The number of allylic oxidation sites excluding steroid dienone is 14. The predicted octanol–water partition coefficient (Wildman–Crippen LogP) is 21.9. The van der Waals surface area contributed by atoms with Gasteiger partial charge in [-0.05, 0) is 70.6 Å². The first-order valence-electron chi connectivity index (χ1n) is 32.1. The average molecular weight is 1050 g/mol. The third kappa shape index (κ3) is 61.3. The normalized spacial score (nSPS) is 12.6. The first-order chi connectivity index (χ1) is 37.0. The molecular formula is C69H120O6. The highest BCUT2D eigenvalue weighted by Gasteiger charge is 2.19. The molecule has 0 spiro atoms. The van der Waals surface area contributed by atoms with E-state index in [9.17, 15) is 14.4 Å². The molecule has 432 valence electrons. The van der Waals surface area contributed by atoms with Crippen molar-refractivity contribution in [2.75, 3.05) is 13.2 Å². The van der Waals surface area contributed by atoms with Gasteiger partial charge in [-0.25, -0.2) is 0 Å². The maximum atomic E-state index is 12.9. The topological polar surface area (TPSA) is 78.9 Å². The Balaban J connectivity index is 4.28. The summed E-state index contributed by atoms with van der Waals surface area (Å²) in [5, 5.41) is 0. The molecule has 0 aliphatic heterocycles. The van der Waals surface area contributed by atoms with Crippen LogP contribution in [0.1, 0.15) is 316 Å². The van der Waals surface area contributed by atoms with Crippen molar-refractivity contribution in [3.8, 4) is 0 Å². The van der Waals surface area contributed by atoms with Crippen molar-refractivity contribution in [3.63, 3.8) is 0 Å². The molecule has 0 aliphatic rings. The monoisotopic (exact) mass is 1040 g/mol. The zero-order chi connectivity index (χ0) is 54.3. The van der Waals surface area contributed by atoms with Gasteiger partial charge in [-0.1, -0.05) is 311 Å². The smallest absolute Gasteiger partial charge is 0.306 e. The molecule has 0 bridgehead atoms. The van der Waals surface area contributed by atoms with Gasteiger partial charge in [0.05, 0.1) is 0 Å². The Bertz CT molecular complexity index is 1430. The Hall–Kier alpha value is -3.41. The summed E-state index contributed by atoms with van der Waals surface area (Å²) in [7, 11) is 0. The molecular weight excluding hydrogens is 925 g/mol. The second-order valence-corrected chi connectivity index (χ2v) is 21.3. The van der Waals surface area contributed by atoms with Gasteiger partial charge in [0.25, 0.3) is 0 Å². The number of carbonyl (C=O) groups is 3. The number of rotatable bonds is 58. The molecule has 0 aromatic rings. The van der Waals surface area contributed by atoms with Gasteiger partial charge in [0, 0.05) is 19.3 Å². The number of ether oxygens (including phenoxy) is 3. The van der Waals surface area contributed by atoms with Crippen molar-refractivity contribution in [2.24, 2.45) is 0 Å². The van der Waals surface area contributed by atoms with Crippen molar-refractivity contribution in [2.45, 2.75) is 322 Å². The van der Waals surface area contributed by atoms with Crippen molar-refractivity contribution in [1.29, 1.82) is 0 Å². The Labute approximate surface area is 465 Å². The molecule has 1 atom stereocenters. The third-order valence-electron chi connectivity index (χ3n) is 13.9. The molecule has 0 amide bonds. The Morgan fingerprint density at radius 1 is 0.280 bits per heavy atom. The molecule has 0 aliphatic carbocycles. The summed E-state index contributed by atoms with van der Waals surface area (Å²) in [5.74, 6) is -0.947. The Kier molecular flexibility index (Phi) is 60.3. The SMILES string of the molecule is CC/C=C\C/C=C\C/C=C\C/C=C\C/C=C\C/C=C\C/C=C\CCCC(=O)OC(COC(=O)CCCCCCCCCCC)COC(=O)CCCCCCCCCCCCCCCCCCCCCCCCCCC. The lowest BCUT2D eigenvalue weighted by molar-refractivity contribution is -0.167. The van der Waals surface area contributed by atoms with Crippen LogP contribution in [0.5, 0.6) is 0 Å². The van der Waals surface area contributed by atoms with Gasteiger partial charge in [0.1, 0.15) is 13.2 Å². The number of unbranched alkanes of at least 4 members (excludes halogenated alkanes) is 33. The van der Waals surface area contributed by atoms with Crippen LogP contribution in [0.2, 0.25) is 0 Å². The Morgan fingerprint density at radius 3 is 0.800 bits per heavy atom. The van der Waals surface area contributed by atoms with Crippen molar-refractivity contribution in [1.82, 2.24) is 0 Å². The zero-order valence-corrected chi connectivity index (χ0v) is 49.6. The lowest BCUT2D eigenvalue weighted by atomic mass is 10.0. The van der Waals surface area contributed by atoms with E-state index in [2.05, 4.69) is 106 Å². The number of hydrogen-bond acceptors (Lipinski definition) is 6. The van der Waals surface area contributed by atoms with Crippen LogP contribution in [0.15, 0.2) is 85.1 Å². The molecule has 75 heavy (non-hydrogen) atoms. The maximum absolute atomic E-state index is 12.9. The second-order valence-electron chi connectivity index (χ2n) is 21.3. The highest BCUT2D eigenvalue weighted by molar-refractivity contribution is 5.71. The molecule has 0 saturated carbocycles. The minimum absolute atomic E-state index is 0.0960. The molecule has 0 aromatic heterocycles. The van der Waals surface area contributed by atoms with E-state index in [4.69, 9.17) is 14.2 Å². The molecule has 0 aromatic carbocycles. The van der Waals surface area contributed by atoms with Crippen LogP contribution < -0.4 is 0 Å². The standard InChI is InChI=1S/C69H120O6/c1-4-7-10-13-16-19-21-23-25-27-29-31-33-34-36-37-39-41-43-45-47-50-53-56-59-62-68(71)74-65-66(64-73-67(70)61-58-55-52-49-18-15-12-9-6-3)75-69(72)63-60-57-54-51-48-46-44-42-40-38-35-32-30-28-26-24-22-20-17-14-11-8-5-2/h8,11,17,20,24,26,30,32,38,40,44,46,51,54,66H,4-7,9-10,12-16,18-19,21-23,25,27-29,31,33-37,39,41-43,45,47-50,52-53,55-65H2,1-3H3/b11-8-,20-17-,26-24-,32-30-,40-38-,46-44-,54-51-. The van der Waals surface area contributed by atoms with E-state index in [1.807, 2.05) is 0 Å². The summed E-state index contributed by atoms with van der Waals surface area (Å²) in [6.07, 6.45) is 83.3. The van der Waals surface area contributed by atoms with Gasteiger partial charge in [-0.3, -0.25) is 14.4 Å². The van der Waals surface area contributed by atoms with Gasteiger partial charge >= 0.3 is 17.9 Å². The van der Waals surface area contributed by atoms with Crippen LogP contribution in [-0.2, 0) is 28.6 Å². The lowest BCUT2D eigenvalue weighted by Crippen LogP contribution is -2.30. The summed E-state index contributed by atoms with van der Waals surface area (Å²) in [5.41, 5.74) is 0. The molecule has 0 rings (SSSR count). The van der Waals surface area contributed by atoms with E-state index in [-0.39, 0.29) is 37.5 Å². The largest absolute Gasteiger partial charge is 0.462 e. The second kappa shape index (κ2) is 63.1. The summed E-state index contributed by atoms with van der Waals surface area (Å²) < 4.78 is 16.8. The van der Waals surface area contributed by atoms with Crippen LogP contribution in [0.25, 0.3) is 0 Å². The predicted molar refractivity (Wildman–Crippen MR) is 325 cm³/mol. The van der Waals surface area contributed by atoms with Crippen molar-refractivity contribution in [3.05, 3.63) is 85.1 Å². The molecule has 1 unspecified atom stereocenters. The molecule has 0 radical (unpaired) electrons. The van der Waals surface area contributed by atoms with E-state index in [0.29, 0.717) is 19.3 Å². The van der Waals surface area contributed by atoms with Gasteiger partial charge in [-0.2, -0.15) is 0 Å². The molecule has 0 saturated heterocycles. The molecule has 0 fully saturated rings. The fourth-order valence-corrected chi connectivity index (χ4v) is 9.14. The van der Waals surface area contributed by atoms with E-state index in [1.165, 1.54) is 180 Å². The molecule has 0 heterocycles. The van der Waals surface area contributed by atoms with Gasteiger partial charge in [0.2, 0.25) is 0 Å². The van der Waals surface area contributed by atoms with Gasteiger partial charge in [0.15, 0.2) is 6.10 Å². The number of carbonyl (C=O) groups excluding carboxylic acids is 3. The van der Waals surface area contributed by atoms with Crippen molar-refractivity contribution >= 4 is 17.9 Å². The van der Waals surface area contributed by atoms with Crippen molar-refractivity contribution < 1.29 is 28.6 Å². The van der Waals surface area contributed by atoms with Crippen LogP contribution in [-0.4, -0.2) is 37.2 Å². The minimum atomic E-state index is -0.804. The molecule has 6 heteroatoms. The zero-order valence-electron chi connectivity index (χ0n) is 49.6. The lowest BCUT2D eigenvalue weighted by Gasteiger charge is -2.18. The van der Waals surface area contributed by atoms with Crippen LogP contribution in [0.3, 0.4) is 0 Å². The fourth-order valence-electron chi connectivity index (χ4n) is 9.14. The third-order valence-corrected chi connectivity index (χ3v) is 13.9. The van der Waals surface area contributed by atoms with Gasteiger partial charge < -0.3 is 14.2 Å².